The lowest BCUT2D eigenvalue weighted by Gasteiger charge is -2.22. The molecule has 126 valence electrons. The van der Waals surface area contributed by atoms with Crippen LogP contribution in [0.5, 0.6) is 0 Å². The summed E-state index contributed by atoms with van der Waals surface area (Å²) < 4.78 is 2.28. The fourth-order valence-electron chi connectivity index (χ4n) is 3.98. The topological polar surface area (TPSA) is 58.4 Å². The molecule has 2 aliphatic rings. The Morgan fingerprint density at radius 2 is 2.08 bits per heavy atom. The molecule has 0 spiro atoms. The maximum absolute atomic E-state index is 11.2. The van der Waals surface area contributed by atoms with Crippen LogP contribution >= 0.6 is 0 Å². The molecule has 1 N–H and O–H groups in total. The number of benzene rings is 1. The lowest BCUT2D eigenvalue weighted by atomic mass is 9.95. The minimum Gasteiger partial charge on any atom is -0.478 e. The highest BCUT2D eigenvalue weighted by Gasteiger charge is 2.22. The van der Waals surface area contributed by atoms with Crippen molar-refractivity contribution in [2.75, 3.05) is 11.4 Å². The molecule has 1 fully saturated rings. The Morgan fingerprint density at radius 1 is 1.25 bits per heavy atom. The summed E-state index contributed by atoms with van der Waals surface area (Å²) in [7, 11) is 0. The molecule has 1 aliphatic carbocycles. The lowest BCUT2D eigenvalue weighted by molar-refractivity contribution is 0.0697. The number of anilines is 1. The highest BCUT2D eigenvalue weighted by Crippen LogP contribution is 2.31. The molecule has 5 heteroatoms. The van der Waals surface area contributed by atoms with Gasteiger partial charge in [-0.3, -0.25) is 0 Å². The molecule has 1 saturated carbocycles. The maximum Gasteiger partial charge on any atom is 0.335 e. The van der Waals surface area contributed by atoms with Gasteiger partial charge in [-0.05, 0) is 37.0 Å². The molecule has 0 radical (unpaired) electrons. The predicted octanol–water partition coefficient (Wildman–Crippen LogP) is 3.65. The van der Waals surface area contributed by atoms with Crippen LogP contribution in [-0.2, 0) is 13.0 Å². The molecule has 1 aromatic carbocycles. The van der Waals surface area contributed by atoms with Crippen LogP contribution in [0.4, 0.5) is 5.69 Å². The first kappa shape index (κ1) is 15.2. The Morgan fingerprint density at radius 3 is 2.88 bits per heavy atom. The number of aromatic carboxylic acids is 1. The molecule has 5 nitrogen and oxygen atoms in total. The SMILES string of the molecule is O=C(O)c1ccc2c(c1)N(Cc1cn(C3CCCCC3)cn1)CC2. The van der Waals surface area contributed by atoms with E-state index >= 15 is 0 Å². The summed E-state index contributed by atoms with van der Waals surface area (Å²) in [5, 5.41) is 9.21. The van der Waals surface area contributed by atoms with Crippen molar-refractivity contribution >= 4 is 11.7 Å². The van der Waals surface area contributed by atoms with Crippen molar-refractivity contribution in [2.24, 2.45) is 0 Å². The van der Waals surface area contributed by atoms with Gasteiger partial charge in [0.2, 0.25) is 0 Å². The Balaban J connectivity index is 1.50. The molecular weight excluding hydrogens is 302 g/mol. The van der Waals surface area contributed by atoms with Gasteiger partial charge in [0.05, 0.1) is 24.1 Å². The van der Waals surface area contributed by atoms with E-state index in [0.29, 0.717) is 11.6 Å². The molecule has 0 unspecified atom stereocenters. The first-order valence-electron chi connectivity index (χ1n) is 8.84. The highest BCUT2D eigenvalue weighted by molar-refractivity contribution is 5.89. The number of fused-ring (bicyclic) bond motifs is 1. The highest BCUT2D eigenvalue weighted by atomic mass is 16.4. The number of hydrogen-bond acceptors (Lipinski definition) is 3. The first-order valence-corrected chi connectivity index (χ1v) is 8.84. The van der Waals surface area contributed by atoms with Gasteiger partial charge in [-0.1, -0.05) is 25.3 Å². The fraction of sp³-hybridized carbons (Fsp3) is 0.474. The summed E-state index contributed by atoms with van der Waals surface area (Å²) in [4.78, 5) is 18.0. The minimum atomic E-state index is -0.869. The summed E-state index contributed by atoms with van der Waals surface area (Å²) in [6, 6.07) is 6.04. The molecule has 2 aromatic rings. The minimum absolute atomic E-state index is 0.355. The van der Waals surface area contributed by atoms with Gasteiger partial charge in [0.25, 0.3) is 0 Å². The molecule has 4 rings (SSSR count). The van der Waals surface area contributed by atoms with E-state index in [4.69, 9.17) is 0 Å². The van der Waals surface area contributed by atoms with Crippen LogP contribution in [0.2, 0.25) is 0 Å². The zero-order chi connectivity index (χ0) is 16.5. The quantitative estimate of drug-likeness (QED) is 0.932. The smallest absolute Gasteiger partial charge is 0.335 e. The Hall–Kier alpha value is -2.30. The number of hydrogen-bond donors (Lipinski definition) is 1. The van der Waals surface area contributed by atoms with E-state index in [-0.39, 0.29) is 0 Å². The van der Waals surface area contributed by atoms with Gasteiger partial charge in [-0.25, -0.2) is 9.78 Å². The van der Waals surface area contributed by atoms with E-state index in [9.17, 15) is 9.90 Å². The Labute approximate surface area is 141 Å². The van der Waals surface area contributed by atoms with Gasteiger partial charge in [0, 0.05) is 24.5 Å². The Bertz CT molecular complexity index is 747. The van der Waals surface area contributed by atoms with Crippen molar-refractivity contribution in [1.29, 1.82) is 0 Å². The van der Waals surface area contributed by atoms with Crippen molar-refractivity contribution in [2.45, 2.75) is 51.1 Å². The lowest BCUT2D eigenvalue weighted by Crippen LogP contribution is -2.20. The van der Waals surface area contributed by atoms with Crippen LogP contribution in [0.1, 0.15) is 59.8 Å². The molecule has 24 heavy (non-hydrogen) atoms. The zero-order valence-corrected chi connectivity index (χ0v) is 13.8. The molecule has 1 aromatic heterocycles. The second-order valence-electron chi connectivity index (χ2n) is 6.92. The number of rotatable bonds is 4. The average Bonchev–Trinajstić information content (AvgIpc) is 3.23. The van der Waals surface area contributed by atoms with Crippen molar-refractivity contribution < 1.29 is 9.90 Å². The number of carbonyl (C=O) groups is 1. The van der Waals surface area contributed by atoms with Crippen LogP contribution in [0.25, 0.3) is 0 Å². The van der Waals surface area contributed by atoms with Crippen LogP contribution in [-0.4, -0.2) is 27.2 Å². The second kappa shape index (κ2) is 6.30. The molecule has 0 amide bonds. The van der Waals surface area contributed by atoms with Gasteiger partial charge in [-0.15, -0.1) is 0 Å². The molecule has 0 atom stereocenters. The summed E-state index contributed by atoms with van der Waals surface area (Å²) in [6.07, 6.45) is 11.6. The van der Waals surface area contributed by atoms with E-state index in [1.54, 1.807) is 12.1 Å². The van der Waals surface area contributed by atoms with Gasteiger partial charge in [0.1, 0.15) is 0 Å². The fourth-order valence-corrected chi connectivity index (χ4v) is 3.98. The molecule has 0 bridgehead atoms. The first-order chi connectivity index (χ1) is 11.7. The third kappa shape index (κ3) is 2.90. The van der Waals surface area contributed by atoms with Crippen molar-refractivity contribution in [3.8, 4) is 0 Å². The maximum atomic E-state index is 11.2. The van der Waals surface area contributed by atoms with Crippen molar-refractivity contribution in [3.63, 3.8) is 0 Å². The average molecular weight is 325 g/mol. The number of carboxylic acids is 1. The normalized spacial score (nSPS) is 17.9. The number of nitrogens with zero attached hydrogens (tertiary/aromatic N) is 3. The van der Waals surface area contributed by atoms with Gasteiger partial charge in [0.15, 0.2) is 0 Å². The van der Waals surface area contributed by atoms with Crippen LogP contribution in [0, 0.1) is 0 Å². The second-order valence-corrected chi connectivity index (χ2v) is 6.92. The number of aromatic nitrogens is 2. The Kier molecular flexibility index (Phi) is 4.00. The van der Waals surface area contributed by atoms with Gasteiger partial charge in [-0.2, -0.15) is 0 Å². The molecule has 2 heterocycles. The van der Waals surface area contributed by atoms with E-state index in [1.165, 1.54) is 37.7 Å². The number of carboxylic acid groups (broad SMARTS) is 1. The van der Waals surface area contributed by atoms with Crippen LogP contribution in [0.3, 0.4) is 0 Å². The van der Waals surface area contributed by atoms with Crippen molar-refractivity contribution in [3.05, 3.63) is 47.5 Å². The van der Waals surface area contributed by atoms with Crippen LogP contribution in [0.15, 0.2) is 30.7 Å². The summed E-state index contributed by atoms with van der Waals surface area (Å²) in [5.74, 6) is -0.869. The summed E-state index contributed by atoms with van der Waals surface area (Å²) in [6.45, 7) is 1.67. The van der Waals surface area contributed by atoms with E-state index in [1.807, 2.05) is 12.4 Å². The van der Waals surface area contributed by atoms with E-state index < -0.39 is 5.97 Å². The summed E-state index contributed by atoms with van der Waals surface area (Å²) in [5.41, 5.74) is 3.69. The zero-order valence-electron chi connectivity index (χ0n) is 13.8. The largest absolute Gasteiger partial charge is 0.478 e. The van der Waals surface area contributed by atoms with E-state index in [2.05, 4.69) is 20.6 Å². The van der Waals surface area contributed by atoms with Gasteiger partial charge < -0.3 is 14.6 Å². The standard InChI is InChI=1S/C19H23N3O2/c23-19(24)15-7-6-14-8-9-21(18(14)10-15)11-16-12-22(13-20-16)17-4-2-1-3-5-17/h6-7,10,12-13,17H,1-5,8-9,11H2,(H,23,24). The van der Waals surface area contributed by atoms with Crippen LogP contribution < -0.4 is 4.90 Å². The van der Waals surface area contributed by atoms with E-state index in [0.717, 1.165) is 30.9 Å². The third-order valence-corrected chi connectivity index (χ3v) is 5.33. The monoisotopic (exact) mass is 325 g/mol. The van der Waals surface area contributed by atoms with Gasteiger partial charge >= 0.3 is 5.97 Å². The molecule has 0 saturated heterocycles. The third-order valence-electron chi connectivity index (χ3n) is 5.33. The predicted molar refractivity (Wildman–Crippen MR) is 92.5 cm³/mol. The molecule has 1 aliphatic heterocycles. The summed E-state index contributed by atoms with van der Waals surface area (Å²) >= 11 is 0. The number of imidazole rings is 1. The van der Waals surface area contributed by atoms with Crippen molar-refractivity contribution in [1.82, 2.24) is 9.55 Å². The molecular formula is C19H23N3O2.